The first-order valence-electron chi connectivity index (χ1n) is 6.26. The van der Waals surface area contributed by atoms with Crippen LogP contribution in [0.5, 0.6) is 0 Å². The third-order valence-corrected chi connectivity index (χ3v) is 3.27. The van der Waals surface area contributed by atoms with Crippen LogP contribution in [0.1, 0.15) is 43.9 Å². The summed E-state index contributed by atoms with van der Waals surface area (Å²) in [4.78, 5) is 12.4. The van der Waals surface area contributed by atoms with Gasteiger partial charge in [-0.05, 0) is 30.5 Å². The number of anilines is 1. The van der Waals surface area contributed by atoms with E-state index < -0.39 is 0 Å². The molecule has 2 heterocycles. The van der Waals surface area contributed by atoms with Crippen LogP contribution in [0.25, 0.3) is 0 Å². The van der Waals surface area contributed by atoms with Crippen LogP contribution in [-0.4, -0.2) is 15.0 Å². The Kier molecular flexibility index (Phi) is 4.32. The zero-order valence-electron chi connectivity index (χ0n) is 11.3. The third kappa shape index (κ3) is 3.20. The van der Waals surface area contributed by atoms with Gasteiger partial charge in [0.2, 0.25) is 0 Å². The van der Waals surface area contributed by atoms with Gasteiger partial charge in [0, 0.05) is 18.0 Å². The molecule has 5 heteroatoms. The molecule has 0 fully saturated rings. The molecule has 0 aliphatic carbocycles. The maximum Gasteiger partial charge on any atom is 0.138 e. The molecule has 1 atom stereocenters. The van der Waals surface area contributed by atoms with Crippen molar-refractivity contribution in [3.05, 3.63) is 47.1 Å². The van der Waals surface area contributed by atoms with E-state index in [1.54, 1.807) is 12.4 Å². The van der Waals surface area contributed by atoms with Crippen LogP contribution in [0.4, 0.5) is 5.82 Å². The van der Waals surface area contributed by atoms with E-state index in [0.29, 0.717) is 5.15 Å². The van der Waals surface area contributed by atoms with E-state index in [0.717, 1.165) is 16.9 Å². The Hall–Kier alpha value is -1.68. The molecule has 0 saturated heterocycles. The SMILES string of the molecule is CC(C)c1c(Cl)ncnc1NC(C)c1ccncc1. The van der Waals surface area contributed by atoms with Crippen LogP contribution in [0.2, 0.25) is 5.15 Å². The minimum atomic E-state index is 0.131. The lowest BCUT2D eigenvalue weighted by molar-refractivity contribution is 0.817. The normalized spacial score (nSPS) is 12.5. The molecule has 0 aliphatic heterocycles. The number of nitrogens with zero attached hydrogens (tertiary/aromatic N) is 3. The Morgan fingerprint density at radius 2 is 1.79 bits per heavy atom. The Morgan fingerprint density at radius 3 is 2.42 bits per heavy atom. The zero-order chi connectivity index (χ0) is 13.8. The van der Waals surface area contributed by atoms with Crippen molar-refractivity contribution in [3.8, 4) is 0 Å². The van der Waals surface area contributed by atoms with E-state index in [9.17, 15) is 0 Å². The zero-order valence-corrected chi connectivity index (χ0v) is 12.0. The van der Waals surface area contributed by atoms with Gasteiger partial charge in [0.1, 0.15) is 17.3 Å². The molecule has 0 saturated carbocycles. The van der Waals surface area contributed by atoms with Gasteiger partial charge in [-0.15, -0.1) is 0 Å². The summed E-state index contributed by atoms with van der Waals surface area (Å²) in [6.45, 7) is 6.23. The lowest BCUT2D eigenvalue weighted by Crippen LogP contribution is -2.11. The average molecular weight is 277 g/mol. The maximum absolute atomic E-state index is 6.15. The molecule has 0 spiro atoms. The van der Waals surface area contributed by atoms with Crippen molar-refractivity contribution in [3.63, 3.8) is 0 Å². The second-order valence-electron chi connectivity index (χ2n) is 4.73. The van der Waals surface area contributed by atoms with E-state index >= 15 is 0 Å². The first-order valence-corrected chi connectivity index (χ1v) is 6.64. The van der Waals surface area contributed by atoms with Gasteiger partial charge < -0.3 is 5.32 Å². The summed E-state index contributed by atoms with van der Waals surface area (Å²) in [5.41, 5.74) is 2.10. The molecule has 100 valence electrons. The summed E-state index contributed by atoms with van der Waals surface area (Å²) in [6, 6.07) is 4.09. The summed E-state index contributed by atoms with van der Waals surface area (Å²) < 4.78 is 0. The van der Waals surface area contributed by atoms with E-state index in [4.69, 9.17) is 11.6 Å². The number of hydrogen-bond donors (Lipinski definition) is 1. The average Bonchev–Trinajstić information content (AvgIpc) is 2.39. The molecule has 0 aromatic carbocycles. The Labute approximate surface area is 118 Å². The van der Waals surface area contributed by atoms with Crippen LogP contribution in [0.3, 0.4) is 0 Å². The van der Waals surface area contributed by atoms with Gasteiger partial charge in [-0.2, -0.15) is 0 Å². The van der Waals surface area contributed by atoms with Gasteiger partial charge in [0.25, 0.3) is 0 Å². The van der Waals surface area contributed by atoms with Crippen molar-refractivity contribution < 1.29 is 0 Å². The summed E-state index contributed by atoms with van der Waals surface area (Å²) in [5, 5.41) is 3.89. The number of halogens is 1. The summed E-state index contributed by atoms with van der Waals surface area (Å²) in [5.74, 6) is 1.06. The van der Waals surface area contributed by atoms with Crippen molar-refractivity contribution in [1.82, 2.24) is 15.0 Å². The minimum absolute atomic E-state index is 0.131. The first-order chi connectivity index (χ1) is 9.09. The predicted molar refractivity (Wildman–Crippen MR) is 77.4 cm³/mol. The van der Waals surface area contributed by atoms with Crippen molar-refractivity contribution >= 4 is 17.4 Å². The van der Waals surface area contributed by atoms with E-state index in [2.05, 4.69) is 41.0 Å². The fourth-order valence-corrected chi connectivity index (χ4v) is 2.29. The molecule has 2 aromatic heterocycles. The predicted octanol–water partition coefficient (Wildman–Crippen LogP) is 3.82. The number of aromatic nitrogens is 3. The molecule has 0 aliphatic rings. The van der Waals surface area contributed by atoms with Gasteiger partial charge in [0.15, 0.2) is 0 Å². The van der Waals surface area contributed by atoms with Crippen molar-refractivity contribution in [2.75, 3.05) is 5.32 Å². The van der Waals surface area contributed by atoms with E-state index in [1.165, 1.54) is 6.33 Å². The molecule has 19 heavy (non-hydrogen) atoms. The molecule has 1 unspecified atom stereocenters. The van der Waals surface area contributed by atoms with Crippen molar-refractivity contribution in [2.45, 2.75) is 32.7 Å². The first kappa shape index (κ1) is 13.7. The highest BCUT2D eigenvalue weighted by atomic mass is 35.5. The molecular weight excluding hydrogens is 260 g/mol. The molecule has 0 radical (unpaired) electrons. The molecule has 2 aromatic rings. The monoisotopic (exact) mass is 276 g/mol. The number of pyridine rings is 1. The topological polar surface area (TPSA) is 50.7 Å². The molecule has 0 amide bonds. The van der Waals surface area contributed by atoms with Gasteiger partial charge in [-0.25, -0.2) is 9.97 Å². The number of nitrogens with one attached hydrogen (secondary N) is 1. The smallest absolute Gasteiger partial charge is 0.138 e. The van der Waals surface area contributed by atoms with Crippen molar-refractivity contribution in [1.29, 1.82) is 0 Å². The fourth-order valence-electron chi connectivity index (χ4n) is 1.94. The summed E-state index contributed by atoms with van der Waals surface area (Å²) in [6.07, 6.45) is 5.05. The van der Waals surface area contributed by atoms with Crippen LogP contribution in [0, 0.1) is 0 Å². The van der Waals surface area contributed by atoms with Gasteiger partial charge in [-0.1, -0.05) is 25.4 Å². The third-order valence-electron chi connectivity index (χ3n) is 2.97. The highest BCUT2D eigenvalue weighted by Gasteiger charge is 2.15. The lowest BCUT2D eigenvalue weighted by atomic mass is 10.0. The number of rotatable bonds is 4. The molecule has 0 bridgehead atoms. The van der Waals surface area contributed by atoms with Crippen LogP contribution >= 0.6 is 11.6 Å². The molecule has 2 rings (SSSR count). The Bertz CT molecular complexity index is 542. The second kappa shape index (κ2) is 5.97. The van der Waals surface area contributed by atoms with Gasteiger partial charge >= 0.3 is 0 Å². The summed E-state index contributed by atoms with van der Waals surface area (Å²) >= 11 is 6.15. The van der Waals surface area contributed by atoms with E-state index in [1.807, 2.05) is 12.1 Å². The van der Waals surface area contributed by atoms with E-state index in [-0.39, 0.29) is 12.0 Å². The standard InChI is InChI=1S/C14H17ClN4/c1-9(2)12-13(15)17-8-18-14(12)19-10(3)11-4-6-16-7-5-11/h4-10H,1-3H3,(H,17,18,19). The van der Waals surface area contributed by atoms with Crippen LogP contribution in [0.15, 0.2) is 30.9 Å². The van der Waals surface area contributed by atoms with Crippen LogP contribution in [-0.2, 0) is 0 Å². The highest BCUT2D eigenvalue weighted by molar-refractivity contribution is 6.30. The van der Waals surface area contributed by atoms with Crippen molar-refractivity contribution in [2.24, 2.45) is 0 Å². The number of hydrogen-bond acceptors (Lipinski definition) is 4. The van der Waals surface area contributed by atoms with Crippen LogP contribution < -0.4 is 5.32 Å². The quantitative estimate of drug-likeness (QED) is 0.863. The molecular formula is C14H17ClN4. The van der Waals surface area contributed by atoms with Gasteiger partial charge in [0.05, 0.1) is 6.04 Å². The lowest BCUT2D eigenvalue weighted by Gasteiger charge is -2.19. The molecule has 1 N–H and O–H groups in total. The minimum Gasteiger partial charge on any atom is -0.363 e. The highest BCUT2D eigenvalue weighted by Crippen LogP contribution is 2.30. The molecule has 4 nitrogen and oxygen atoms in total. The second-order valence-corrected chi connectivity index (χ2v) is 5.09. The largest absolute Gasteiger partial charge is 0.363 e. The maximum atomic E-state index is 6.15. The summed E-state index contributed by atoms with van der Waals surface area (Å²) in [7, 11) is 0. The Morgan fingerprint density at radius 1 is 1.11 bits per heavy atom. The Balaban J connectivity index is 2.27. The fraction of sp³-hybridized carbons (Fsp3) is 0.357. The van der Waals surface area contributed by atoms with Gasteiger partial charge in [-0.3, -0.25) is 4.98 Å².